The molecule has 0 unspecified atom stereocenters. The van der Waals surface area contributed by atoms with Gasteiger partial charge in [-0.1, -0.05) is 22.0 Å². The number of halogens is 1. The summed E-state index contributed by atoms with van der Waals surface area (Å²) in [7, 11) is 0. The minimum absolute atomic E-state index is 0.137. The second kappa shape index (κ2) is 5.09. The number of carbonyl (C=O) groups excluding carboxylic acids is 1. The van der Waals surface area contributed by atoms with E-state index in [0.717, 1.165) is 10.0 Å². The van der Waals surface area contributed by atoms with E-state index in [-0.39, 0.29) is 5.91 Å². The van der Waals surface area contributed by atoms with Crippen molar-refractivity contribution in [2.75, 3.05) is 0 Å². The van der Waals surface area contributed by atoms with Crippen LogP contribution in [0.2, 0.25) is 0 Å². The average molecular weight is 295 g/mol. The molecule has 2 N–H and O–H groups in total. The molecule has 0 radical (unpaired) electrons. The Hall–Kier alpha value is -1.69. The zero-order valence-corrected chi connectivity index (χ0v) is 10.8. The quantitative estimate of drug-likeness (QED) is 0.907. The number of aromatic amines is 1. The van der Waals surface area contributed by atoms with Crippen molar-refractivity contribution in [3.63, 3.8) is 0 Å². The average Bonchev–Trinajstić information content (AvgIpc) is 2.82. The second-order valence-electron chi connectivity index (χ2n) is 3.58. The molecule has 88 valence electrons. The highest BCUT2D eigenvalue weighted by Gasteiger charge is 2.07. The molecule has 0 spiro atoms. The van der Waals surface area contributed by atoms with E-state index in [1.807, 2.05) is 13.0 Å². The minimum Gasteiger partial charge on any atom is -0.345 e. The van der Waals surface area contributed by atoms with Crippen LogP contribution >= 0.6 is 15.9 Å². The highest BCUT2D eigenvalue weighted by atomic mass is 79.9. The summed E-state index contributed by atoms with van der Waals surface area (Å²) >= 11 is 3.40. The topological polar surface area (TPSA) is 70.7 Å². The normalized spacial score (nSPS) is 10.2. The van der Waals surface area contributed by atoms with E-state index < -0.39 is 0 Å². The number of carbonyl (C=O) groups is 1. The first kappa shape index (κ1) is 11.8. The molecule has 0 bridgehead atoms. The molecule has 2 rings (SSSR count). The van der Waals surface area contributed by atoms with Crippen LogP contribution in [0.25, 0.3) is 0 Å². The van der Waals surface area contributed by atoms with Gasteiger partial charge in [-0.2, -0.15) is 5.10 Å². The van der Waals surface area contributed by atoms with E-state index in [0.29, 0.717) is 17.9 Å². The largest absolute Gasteiger partial charge is 0.345 e. The van der Waals surface area contributed by atoms with Crippen molar-refractivity contribution in [1.82, 2.24) is 20.5 Å². The summed E-state index contributed by atoms with van der Waals surface area (Å²) in [5, 5.41) is 9.14. The van der Waals surface area contributed by atoms with Crippen LogP contribution < -0.4 is 5.32 Å². The molecule has 1 amide bonds. The van der Waals surface area contributed by atoms with Crippen molar-refractivity contribution in [3.8, 4) is 0 Å². The first-order valence-electron chi connectivity index (χ1n) is 5.05. The highest BCUT2D eigenvalue weighted by Crippen LogP contribution is 2.17. The third-order valence-electron chi connectivity index (χ3n) is 2.32. The van der Waals surface area contributed by atoms with Crippen molar-refractivity contribution in [2.45, 2.75) is 13.5 Å². The predicted molar refractivity (Wildman–Crippen MR) is 66.4 cm³/mol. The molecule has 0 aliphatic carbocycles. The SMILES string of the molecule is Cc1ccc(C(=O)NCc2ncn[nH]2)cc1Br. The number of aryl methyl sites for hydroxylation is 1. The Labute approximate surface area is 107 Å². The Morgan fingerprint density at radius 2 is 2.35 bits per heavy atom. The highest BCUT2D eigenvalue weighted by molar-refractivity contribution is 9.10. The second-order valence-corrected chi connectivity index (χ2v) is 4.43. The van der Waals surface area contributed by atoms with Gasteiger partial charge in [-0.05, 0) is 24.6 Å². The molecule has 6 heteroatoms. The van der Waals surface area contributed by atoms with Crippen LogP contribution in [0.15, 0.2) is 29.0 Å². The predicted octanol–water partition coefficient (Wildman–Crippen LogP) is 1.81. The van der Waals surface area contributed by atoms with Gasteiger partial charge in [0.05, 0.1) is 6.54 Å². The Bertz CT molecular complexity index is 524. The Morgan fingerprint density at radius 3 is 3.00 bits per heavy atom. The maximum absolute atomic E-state index is 11.8. The third-order valence-corrected chi connectivity index (χ3v) is 3.17. The van der Waals surface area contributed by atoms with E-state index in [2.05, 4.69) is 36.4 Å². The van der Waals surface area contributed by atoms with E-state index in [4.69, 9.17) is 0 Å². The fourth-order valence-corrected chi connectivity index (χ4v) is 1.69. The van der Waals surface area contributed by atoms with Gasteiger partial charge < -0.3 is 5.32 Å². The smallest absolute Gasteiger partial charge is 0.251 e. The van der Waals surface area contributed by atoms with E-state index in [1.54, 1.807) is 12.1 Å². The van der Waals surface area contributed by atoms with Crippen LogP contribution in [0.3, 0.4) is 0 Å². The van der Waals surface area contributed by atoms with Crippen molar-refractivity contribution < 1.29 is 4.79 Å². The Kier molecular flexibility index (Phi) is 3.53. The lowest BCUT2D eigenvalue weighted by Crippen LogP contribution is -2.23. The fraction of sp³-hybridized carbons (Fsp3) is 0.182. The van der Waals surface area contributed by atoms with Gasteiger partial charge in [-0.15, -0.1) is 0 Å². The third kappa shape index (κ3) is 2.91. The summed E-state index contributed by atoms with van der Waals surface area (Å²) in [5.41, 5.74) is 1.71. The van der Waals surface area contributed by atoms with Gasteiger partial charge in [0.25, 0.3) is 5.91 Å². The molecule has 2 aromatic rings. The number of hydrogen-bond acceptors (Lipinski definition) is 3. The zero-order chi connectivity index (χ0) is 12.3. The first-order valence-corrected chi connectivity index (χ1v) is 5.84. The molecule has 5 nitrogen and oxygen atoms in total. The van der Waals surface area contributed by atoms with Gasteiger partial charge in [-0.25, -0.2) is 4.98 Å². The lowest BCUT2D eigenvalue weighted by atomic mass is 10.1. The monoisotopic (exact) mass is 294 g/mol. The molecular weight excluding hydrogens is 284 g/mol. The van der Waals surface area contributed by atoms with E-state index in [9.17, 15) is 4.79 Å². The van der Waals surface area contributed by atoms with Crippen molar-refractivity contribution in [2.24, 2.45) is 0 Å². The van der Waals surface area contributed by atoms with Crippen LogP contribution in [0.4, 0.5) is 0 Å². The molecular formula is C11H11BrN4O. The maximum Gasteiger partial charge on any atom is 0.251 e. The number of nitrogens with one attached hydrogen (secondary N) is 2. The van der Waals surface area contributed by atoms with Gasteiger partial charge in [0.15, 0.2) is 0 Å². The fourth-order valence-electron chi connectivity index (χ4n) is 1.32. The van der Waals surface area contributed by atoms with Gasteiger partial charge in [0.1, 0.15) is 12.2 Å². The number of hydrogen-bond donors (Lipinski definition) is 2. The molecule has 0 aliphatic heterocycles. The van der Waals surface area contributed by atoms with Gasteiger partial charge >= 0.3 is 0 Å². The number of aromatic nitrogens is 3. The minimum atomic E-state index is -0.137. The van der Waals surface area contributed by atoms with Crippen molar-refractivity contribution in [3.05, 3.63) is 46.0 Å². The number of rotatable bonds is 3. The van der Waals surface area contributed by atoms with Crippen LogP contribution in [0.1, 0.15) is 21.7 Å². The van der Waals surface area contributed by atoms with Crippen molar-refractivity contribution >= 4 is 21.8 Å². The number of amides is 1. The lowest BCUT2D eigenvalue weighted by Gasteiger charge is -2.05. The summed E-state index contributed by atoms with van der Waals surface area (Å²) < 4.78 is 0.921. The van der Waals surface area contributed by atoms with Crippen LogP contribution in [-0.2, 0) is 6.54 Å². The summed E-state index contributed by atoms with van der Waals surface area (Å²) in [6.07, 6.45) is 1.41. The van der Waals surface area contributed by atoms with Crippen LogP contribution in [0.5, 0.6) is 0 Å². The summed E-state index contributed by atoms with van der Waals surface area (Å²) in [4.78, 5) is 15.7. The Morgan fingerprint density at radius 1 is 1.53 bits per heavy atom. The van der Waals surface area contributed by atoms with Crippen LogP contribution in [-0.4, -0.2) is 21.1 Å². The summed E-state index contributed by atoms with van der Waals surface area (Å²) in [6, 6.07) is 5.48. The lowest BCUT2D eigenvalue weighted by molar-refractivity contribution is 0.0950. The van der Waals surface area contributed by atoms with E-state index >= 15 is 0 Å². The molecule has 17 heavy (non-hydrogen) atoms. The first-order chi connectivity index (χ1) is 8.16. The summed E-state index contributed by atoms with van der Waals surface area (Å²) in [6.45, 7) is 2.31. The number of H-pyrrole nitrogens is 1. The molecule has 0 aliphatic rings. The van der Waals surface area contributed by atoms with E-state index in [1.165, 1.54) is 6.33 Å². The number of nitrogens with zero attached hydrogens (tertiary/aromatic N) is 2. The Balaban J connectivity index is 2.02. The summed E-state index contributed by atoms with van der Waals surface area (Å²) in [5.74, 6) is 0.492. The molecule has 1 aromatic heterocycles. The van der Waals surface area contributed by atoms with Gasteiger partial charge in [-0.3, -0.25) is 9.89 Å². The number of benzene rings is 1. The standard InChI is InChI=1S/C11H11BrN4O/c1-7-2-3-8(4-9(7)12)11(17)13-5-10-14-6-15-16-10/h2-4,6H,5H2,1H3,(H,13,17)(H,14,15,16). The molecule has 0 fully saturated rings. The molecule has 0 saturated heterocycles. The molecule has 1 heterocycles. The molecule has 1 aromatic carbocycles. The molecule has 0 atom stereocenters. The van der Waals surface area contributed by atoms with Crippen LogP contribution in [0, 0.1) is 6.92 Å². The zero-order valence-electron chi connectivity index (χ0n) is 9.20. The van der Waals surface area contributed by atoms with Gasteiger partial charge in [0.2, 0.25) is 0 Å². The van der Waals surface area contributed by atoms with Gasteiger partial charge in [0, 0.05) is 10.0 Å². The molecule has 0 saturated carbocycles. The van der Waals surface area contributed by atoms with Crippen molar-refractivity contribution in [1.29, 1.82) is 0 Å². The maximum atomic E-state index is 11.8.